The number of amides is 1. The number of aromatic nitrogens is 4. The average molecular weight is 473 g/mol. The van der Waals surface area contributed by atoms with Gasteiger partial charge in [0.15, 0.2) is 11.4 Å². The summed E-state index contributed by atoms with van der Waals surface area (Å²) >= 11 is 0. The molecule has 0 aliphatic rings. The Bertz CT molecular complexity index is 1330. The number of methoxy groups -OCH3 is 1. The van der Waals surface area contributed by atoms with Crippen molar-refractivity contribution in [3.8, 4) is 11.4 Å². The van der Waals surface area contributed by atoms with E-state index in [2.05, 4.69) is 15.4 Å². The van der Waals surface area contributed by atoms with Crippen LogP contribution in [0.1, 0.15) is 33.5 Å². The third kappa shape index (κ3) is 4.63. The molecule has 0 aliphatic heterocycles. The summed E-state index contributed by atoms with van der Waals surface area (Å²) in [6, 6.07) is 9.40. The number of ether oxygens (including phenoxy) is 1. The van der Waals surface area contributed by atoms with Crippen molar-refractivity contribution >= 4 is 5.91 Å². The molecule has 1 atom stereocenters. The van der Waals surface area contributed by atoms with Crippen LogP contribution in [-0.2, 0) is 13.2 Å². The predicted octanol–water partition coefficient (Wildman–Crippen LogP) is 4.29. The summed E-state index contributed by atoms with van der Waals surface area (Å²) in [5.74, 6) is -0.680. The topological polar surface area (TPSA) is 74.0 Å². The van der Waals surface area contributed by atoms with E-state index in [4.69, 9.17) is 4.74 Å². The standard InChI is InChI=1S/C23H19F4N5O2/c1-31-10-9-28-21(31)19(14-5-3-7-16(24)11-14)29-22(33)20-18(34-2)13-32(30-20)17-8-4-6-15(12-17)23(25,26)27/h3-13,19H,1-2H3,(H,29,33). The molecular formula is C23H19F4N5O2. The largest absolute Gasteiger partial charge is 0.493 e. The fraction of sp³-hybridized carbons (Fsp3) is 0.174. The molecule has 0 saturated carbocycles. The van der Waals surface area contributed by atoms with E-state index in [1.165, 1.54) is 49.8 Å². The summed E-state index contributed by atoms with van der Waals surface area (Å²) < 4.78 is 61.3. The Morgan fingerprint density at radius 2 is 1.91 bits per heavy atom. The second-order valence-corrected chi connectivity index (χ2v) is 7.40. The Labute approximate surface area is 191 Å². The van der Waals surface area contributed by atoms with Crippen molar-refractivity contribution in [2.24, 2.45) is 7.05 Å². The molecule has 0 spiro atoms. The number of halogens is 4. The number of nitrogens with one attached hydrogen (secondary N) is 1. The van der Waals surface area contributed by atoms with Crippen LogP contribution in [0.15, 0.2) is 67.1 Å². The minimum Gasteiger partial charge on any atom is -0.493 e. The first-order chi connectivity index (χ1) is 16.2. The van der Waals surface area contributed by atoms with Crippen molar-refractivity contribution in [3.05, 3.63) is 95.6 Å². The van der Waals surface area contributed by atoms with E-state index in [1.807, 2.05) is 0 Å². The zero-order valence-electron chi connectivity index (χ0n) is 18.0. The van der Waals surface area contributed by atoms with Gasteiger partial charge < -0.3 is 14.6 Å². The molecule has 0 bridgehead atoms. The Balaban J connectivity index is 1.70. The maximum Gasteiger partial charge on any atom is 0.416 e. The van der Waals surface area contributed by atoms with Crippen LogP contribution >= 0.6 is 0 Å². The SMILES string of the molecule is COc1cn(-c2cccc(C(F)(F)F)c2)nc1C(=O)NC(c1cccc(F)c1)c1nccn1C. The van der Waals surface area contributed by atoms with Crippen molar-refractivity contribution in [3.63, 3.8) is 0 Å². The molecule has 4 aromatic rings. The molecule has 34 heavy (non-hydrogen) atoms. The molecule has 0 aliphatic carbocycles. The van der Waals surface area contributed by atoms with Gasteiger partial charge in [-0.1, -0.05) is 18.2 Å². The summed E-state index contributed by atoms with van der Waals surface area (Å²) in [4.78, 5) is 17.5. The van der Waals surface area contributed by atoms with E-state index in [0.29, 0.717) is 11.4 Å². The van der Waals surface area contributed by atoms with Gasteiger partial charge in [-0.3, -0.25) is 4.79 Å². The molecule has 2 heterocycles. The van der Waals surface area contributed by atoms with Crippen LogP contribution in [0.3, 0.4) is 0 Å². The second kappa shape index (κ2) is 9.00. The van der Waals surface area contributed by atoms with Gasteiger partial charge in [0, 0.05) is 19.4 Å². The van der Waals surface area contributed by atoms with Crippen LogP contribution in [0.4, 0.5) is 17.6 Å². The third-order valence-electron chi connectivity index (χ3n) is 5.13. The van der Waals surface area contributed by atoms with Crippen LogP contribution in [0.2, 0.25) is 0 Å². The van der Waals surface area contributed by atoms with Crippen LogP contribution in [0.5, 0.6) is 5.75 Å². The molecule has 4 rings (SSSR count). The van der Waals surface area contributed by atoms with E-state index in [1.54, 1.807) is 23.9 Å². The number of carbonyl (C=O) groups is 1. The van der Waals surface area contributed by atoms with Crippen LogP contribution < -0.4 is 10.1 Å². The van der Waals surface area contributed by atoms with Gasteiger partial charge in [-0.05, 0) is 35.9 Å². The van der Waals surface area contributed by atoms with Crippen molar-refractivity contribution in [2.75, 3.05) is 7.11 Å². The van der Waals surface area contributed by atoms with Crippen LogP contribution in [0, 0.1) is 5.82 Å². The first-order valence-corrected chi connectivity index (χ1v) is 10.0. The normalized spacial score (nSPS) is 12.4. The lowest BCUT2D eigenvalue weighted by atomic mass is 10.1. The molecule has 0 radical (unpaired) electrons. The van der Waals surface area contributed by atoms with Gasteiger partial charge in [0.2, 0.25) is 0 Å². The number of hydrogen-bond acceptors (Lipinski definition) is 4. The van der Waals surface area contributed by atoms with Crippen molar-refractivity contribution in [2.45, 2.75) is 12.2 Å². The minimum atomic E-state index is -4.53. The first-order valence-electron chi connectivity index (χ1n) is 10.0. The molecule has 0 fully saturated rings. The molecule has 11 heteroatoms. The number of benzene rings is 2. The maximum absolute atomic E-state index is 13.9. The van der Waals surface area contributed by atoms with Crippen molar-refractivity contribution < 1.29 is 27.1 Å². The predicted molar refractivity (Wildman–Crippen MR) is 114 cm³/mol. The second-order valence-electron chi connectivity index (χ2n) is 7.40. The molecule has 1 unspecified atom stereocenters. The molecule has 2 aromatic carbocycles. The molecule has 2 aromatic heterocycles. The summed E-state index contributed by atoms with van der Waals surface area (Å²) in [5, 5.41) is 6.92. The van der Waals surface area contributed by atoms with Gasteiger partial charge in [0.25, 0.3) is 5.91 Å². The van der Waals surface area contributed by atoms with E-state index in [-0.39, 0.29) is 17.1 Å². The number of aryl methyl sites for hydroxylation is 1. The highest BCUT2D eigenvalue weighted by atomic mass is 19.4. The van der Waals surface area contributed by atoms with E-state index in [0.717, 1.165) is 16.8 Å². The van der Waals surface area contributed by atoms with E-state index in [9.17, 15) is 22.4 Å². The fourth-order valence-electron chi connectivity index (χ4n) is 3.46. The van der Waals surface area contributed by atoms with E-state index >= 15 is 0 Å². The summed E-state index contributed by atoms with van der Waals surface area (Å²) in [5.41, 5.74) is -0.473. The lowest BCUT2D eigenvalue weighted by Gasteiger charge is -2.19. The van der Waals surface area contributed by atoms with Gasteiger partial charge in [-0.2, -0.15) is 18.3 Å². The van der Waals surface area contributed by atoms with E-state index < -0.39 is 29.5 Å². The molecule has 1 N–H and O–H groups in total. The lowest BCUT2D eigenvalue weighted by Crippen LogP contribution is -2.31. The van der Waals surface area contributed by atoms with Gasteiger partial charge in [-0.15, -0.1) is 0 Å². The zero-order chi connectivity index (χ0) is 24.5. The fourth-order valence-corrected chi connectivity index (χ4v) is 3.46. The number of alkyl halides is 3. The van der Waals surface area contributed by atoms with Gasteiger partial charge in [0.1, 0.15) is 17.7 Å². The molecular weight excluding hydrogens is 454 g/mol. The van der Waals surface area contributed by atoms with Gasteiger partial charge >= 0.3 is 6.18 Å². The monoisotopic (exact) mass is 473 g/mol. The van der Waals surface area contributed by atoms with Crippen molar-refractivity contribution in [1.82, 2.24) is 24.6 Å². The summed E-state index contributed by atoms with van der Waals surface area (Å²) in [6.45, 7) is 0. The molecule has 7 nitrogen and oxygen atoms in total. The van der Waals surface area contributed by atoms with Crippen LogP contribution in [-0.4, -0.2) is 32.3 Å². The highest BCUT2D eigenvalue weighted by molar-refractivity contribution is 5.95. The Morgan fingerprint density at radius 1 is 1.15 bits per heavy atom. The third-order valence-corrected chi connectivity index (χ3v) is 5.13. The summed E-state index contributed by atoms with van der Waals surface area (Å²) in [6.07, 6.45) is -0.0104. The smallest absolute Gasteiger partial charge is 0.416 e. The summed E-state index contributed by atoms with van der Waals surface area (Å²) in [7, 11) is 3.04. The first kappa shape index (κ1) is 23.0. The Hall–Kier alpha value is -4.15. The van der Waals surface area contributed by atoms with Gasteiger partial charge in [-0.25, -0.2) is 14.1 Å². The number of rotatable bonds is 6. The number of carbonyl (C=O) groups excluding carboxylic acids is 1. The highest BCUT2D eigenvalue weighted by Gasteiger charge is 2.31. The minimum absolute atomic E-state index is 0.0488. The molecule has 1 amide bonds. The lowest BCUT2D eigenvalue weighted by molar-refractivity contribution is -0.137. The Morgan fingerprint density at radius 3 is 2.56 bits per heavy atom. The van der Waals surface area contributed by atoms with Crippen LogP contribution in [0.25, 0.3) is 5.69 Å². The maximum atomic E-state index is 13.9. The van der Waals surface area contributed by atoms with Crippen molar-refractivity contribution in [1.29, 1.82) is 0 Å². The number of hydrogen-bond donors (Lipinski definition) is 1. The average Bonchev–Trinajstić information content (AvgIpc) is 3.43. The number of nitrogens with zero attached hydrogens (tertiary/aromatic N) is 4. The number of imidazole rings is 1. The highest BCUT2D eigenvalue weighted by Crippen LogP contribution is 2.31. The molecule has 176 valence electrons. The van der Waals surface area contributed by atoms with Gasteiger partial charge in [0.05, 0.1) is 24.6 Å². The zero-order valence-corrected chi connectivity index (χ0v) is 18.0. The molecule has 0 saturated heterocycles. The Kier molecular flexibility index (Phi) is 6.10. The quantitative estimate of drug-likeness (QED) is 0.424.